The normalized spacial score (nSPS) is 9.64. The SMILES string of the molecule is CCCCCCOc1ccc(C#Cc2cnc(Cl)cn2)cc1.CCCCCOc1ccc(C#Cc2cnc(Cl)cn2)cc1.CCCCOc1ccc(C#Cc2cnc(Cl)cn2)cc1.CCCOc1ccc(C#Cc2cnc(Cl)cn2)cc1.CCOc1ccc(C#Cc2cnc(Cl)cn2)cc1.COc1ccc(C#Cc2cnc(Cl)cn2)cc1. The Bertz CT molecular complexity index is 5280. The van der Waals surface area contributed by atoms with Crippen LogP contribution in [0, 0.1) is 71.0 Å². The van der Waals surface area contributed by atoms with Gasteiger partial charge in [0.15, 0.2) is 0 Å². The fraction of sp³-hybridized carbons (Fsp3) is 0.226. The molecule has 12 rings (SSSR count). The number of hydrogen-bond donors (Lipinski definition) is 0. The average molecular weight is 1680 g/mol. The molecule has 6 heterocycles. The highest BCUT2D eigenvalue weighted by molar-refractivity contribution is 6.30. The number of unbranched alkanes of at least 4 members (excludes halogenated alkanes) is 6. The number of ether oxygens (including phenoxy) is 6. The lowest BCUT2D eigenvalue weighted by Gasteiger charge is -2.05. The lowest BCUT2D eigenvalue weighted by Crippen LogP contribution is -1.96. The third-order valence-corrected chi connectivity index (χ3v) is 16.1. The quantitative estimate of drug-likeness (QED) is 0.0483. The molecule has 0 spiro atoms. The minimum atomic E-state index is 0.361. The summed E-state index contributed by atoms with van der Waals surface area (Å²) in [6.07, 6.45) is 29.7. The van der Waals surface area contributed by atoms with E-state index in [1.807, 2.05) is 153 Å². The number of rotatable bonds is 21. The second-order valence-corrected chi connectivity index (χ2v) is 26.5. The molecule has 0 fully saturated rings. The molecule has 24 heteroatoms. The first-order valence-electron chi connectivity index (χ1n) is 37.4. The van der Waals surface area contributed by atoms with Gasteiger partial charge >= 0.3 is 0 Å². The molecule has 18 nitrogen and oxygen atoms in total. The Labute approximate surface area is 715 Å². The smallest absolute Gasteiger partial charge is 0.147 e. The van der Waals surface area contributed by atoms with Gasteiger partial charge in [-0.3, -0.25) is 0 Å². The number of aromatic nitrogens is 12. The van der Waals surface area contributed by atoms with E-state index in [-0.39, 0.29) is 0 Å². The van der Waals surface area contributed by atoms with Gasteiger partial charge in [0.25, 0.3) is 0 Å². The van der Waals surface area contributed by atoms with Gasteiger partial charge in [0.1, 0.15) is 99.6 Å². The van der Waals surface area contributed by atoms with E-state index in [9.17, 15) is 0 Å². The first-order valence-corrected chi connectivity index (χ1v) is 39.7. The molecule has 117 heavy (non-hydrogen) atoms. The van der Waals surface area contributed by atoms with Crippen LogP contribution in [0.3, 0.4) is 0 Å². The lowest BCUT2D eigenvalue weighted by molar-refractivity contribution is 0.305. The zero-order valence-corrected chi connectivity index (χ0v) is 70.0. The van der Waals surface area contributed by atoms with Gasteiger partial charge in [-0.25, -0.2) is 59.8 Å². The van der Waals surface area contributed by atoms with Crippen molar-refractivity contribution < 1.29 is 28.4 Å². The molecule has 6 aromatic carbocycles. The van der Waals surface area contributed by atoms with Crippen LogP contribution in [0.2, 0.25) is 30.9 Å². The summed E-state index contributed by atoms with van der Waals surface area (Å²) in [5.74, 6) is 40.8. The Hall–Kier alpha value is -12.3. The van der Waals surface area contributed by atoms with Gasteiger partial charge in [-0.1, -0.05) is 171 Å². The summed E-state index contributed by atoms with van der Waals surface area (Å²) in [7, 11) is 1.63. The molecule has 0 bridgehead atoms. The van der Waals surface area contributed by atoms with Crippen LogP contribution in [-0.4, -0.2) is 100.0 Å². The number of benzene rings is 6. The molecule has 0 aliphatic heterocycles. The van der Waals surface area contributed by atoms with E-state index >= 15 is 0 Å². The van der Waals surface area contributed by atoms with Gasteiger partial charge in [-0.15, -0.1) is 0 Å². The molecule has 0 amide bonds. The summed E-state index contributed by atoms with van der Waals surface area (Å²) in [5, 5.41) is 2.19. The maximum atomic E-state index is 5.70. The van der Waals surface area contributed by atoms with Crippen molar-refractivity contribution in [3.8, 4) is 106 Å². The lowest BCUT2D eigenvalue weighted by atomic mass is 10.2. The summed E-state index contributed by atoms with van der Waals surface area (Å²) in [6, 6.07) is 45.9. The fourth-order valence-electron chi connectivity index (χ4n) is 8.91. The third-order valence-electron chi connectivity index (χ3n) is 14.9. The van der Waals surface area contributed by atoms with Crippen molar-refractivity contribution in [2.45, 2.75) is 98.8 Å². The number of methoxy groups -OCH3 is 1. The maximum absolute atomic E-state index is 5.70. The van der Waals surface area contributed by atoms with Gasteiger partial charge < -0.3 is 28.4 Å². The van der Waals surface area contributed by atoms with E-state index in [2.05, 4.69) is 159 Å². The molecular formula is C93H84Cl6N12O6. The number of halogens is 6. The summed E-state index contributed by atoms with van der Waals surface area (Å²) >= 11 is 33.9. The van der Waals surface area contributed by atoms with Gasteiger partial charge in [-0.2, -0.15) is 0 Å². The highest BCUT2D eigenvalue weighted by Crippen LogP contribution is 2.19. The van der Waals surface area contributed by atoms with Crippen LogP contribution in [0.1, 0.15) is 166 Å². The Morgan fingerprint density at radius 2 is 0.427 bits per heavy atom. The molecule has 0 saturated carbocycles. The van der Waals surface area contributed by atoms with Crippen molar-refractivity contribution in [2.24, 2.45) is 0 Å². The van der Waals surface area contributed by atoms with Crippen LogP contribution in [0.15, 0.2) is 220 Å². The van der Waals surface area contributed by atoms with E-state index < -0.39 is 0 Å². The largest absolute Gasteiger partial charge is 0.497 e. The van der Waals surface area contributed by atoms with E-state index in [1.165, 1.54) is 69.3 Å². The van der Waals surface area contributed by atoms with Crippen molar-refractivity contribution in [1.29, 1.82) is 0 Å². The number of nitrogens with zero attached hydrogens (tertiary/aromatic N) is 12. The molecular weight excluding hydrogens is 1590 g/mol. The van der Waals surface area contributed by atoms with Crippen LogP contribution >= 0.6 is 69.6 Å². The second-order valence-electron chi connectivity index (χ2n) is 24.1. The fourth-order valence-corrected chi connectivity index (χ4v) is 9.49. The van der Waals surface area contributed by atoms with Gasteiger partial charge in [-0.05, 0) is 214 Å². The van der Waals surface area contributed by atoms with Crippen LogP contribution < -0.4 is 28.4 Å². The average Bonchev–Trinajstić information content (AvgIpc) is 0.912. The van der Waals surface area contributed by atoms with Gasteiger partial charge in [0.2, 0.25) is 0 Å². The van der Waals surface area contributed by atoms with Crippen molar-refractivity contribution in [3.63, 3.8) is 0 Å². The summed E-state index contributed by atoms with van der Waals surface area (Å²) in [4.78, 5) is 47.9. The minimum absolute atomic E-state index is 0.361. The maximum Gasteiger partial charge on any atom is 0.147 e. The van der Waals surface area contributed by atoms with Crippen LogP contribution in [0.5, 0.6) is 34.5 Å². The summed E-state index contributed by atoms with van der Waals surface area (Å²) < 4.78 is 32.9. The first kappa shape index (κ1) is 91.9. The van der Waals surface area contributed by atoms with E-state index in [0.717, 1.165) is 126 Å². The molecule has 0 aliphatic carbocycles. The van der Waals surface area contributed by atoms with Crippen LogP contribution in [0.25, 0.3) is 0 Å². The molecule has 594 valence electrons. The Kier molecular flexibility index (Phi) is 43.4. The molecule has 12 aromatic rings. The van der Waals surface area contributed by atoms with E-state index in [4.69, 9.17) is 98.0 Å². The third kappa shape index (κ3) is 39.5. The Morgan fingerprint density at radius 1 is 0.214 bits per heavy atom. The summed E-state index contributed by atoms with van der Waals surface area (Å²) in [6.45, 7) is 14.2. The molecule has 0 radical (unpaired) electrons. The van der Waals surface area contributed by atoms with Crippen LogP contribution in [0.4, 0.5) is 0 Å². The second kappa shape index (κ2) is 55.2. The molecule has 0 N–H and O–H groups in total. The highest BCUT2D eigenvalue weighted by Gasteiger charge is 2.03. The predicted octanol–water partition coefficient (Wildman–Crippen LogP) is 21.1. The van der Waals surface area contributed by atoms with E-state index in [0.29, 0.717) is 71.7 Å². The van der Waals surface area contributed by atoms with Crippen LogP contribution in [-0.2, 0) is 0 Å². The van der Waals surface area contributed by atoms with Crippen molar-refractivity contribution in [3.05, 3.63) is 318 Å². The summed E-state index contributed by atoms with van der Waals surface area (Å²) in [5.41, 5.74) is 8.98. The topological polar surface area (TPSA) is 210 Å². The Balaban J connectivity index is 0.000000194. The number of hydrogen-bond acceptors (Lipinski definition) is 18. The predicted molar refractivity (Wildman–Crippen MR) is 465 cm³/mol. The highest BCUT2D eigenvalue weighted by atomic mass is 35.5. The molecule has 0 saturated heterocycles. The monoisotopic (exact) mass is 1670 g/mol. The molecule has 0 unspecified atom stereocenters. The zero-order valence-electron chi connectivity index (χ0n) is 65.5. The van der Waals surface area contributed by atoms with E-state index in [1.54, 1.807) is 44.3 Å². The van der Waals surface area contributed by atoms with Gasteiger partial charge in [0, 0.05) is 33.4 Å². The molecule has 0 aliphatic rings. The molecule has 0 atom stereocenters. The first-order chi connectivity index (χ1) is 57.2. The zero-order chi connectivity index (χ0) is 83.1. The van der Waals surface area contributed by atoms with Crippen molar-refractivity contribution in [1.82, 2.24) is 59.8 Å². The van der Waals surface area contributed by atoms with Crippen molar-refractivity contribution >= 4 is 69.6 Å². The van der Waals surface area contributed by atoms with Crippen molar-refractivity contribution in [2.75, 3.05) is 40.1 Å². The molecule has 6 aromatic heterocycles. The minimum Gasteiger partial charge on any atom is -0.497 e. The van der Waals surface area contributed by atoms with Gasteiger partial charge in [0.05, 0.1) is 115 Å². The standard InChI is InChI=1S/C18H19ClN2O.C17H17ClN2O.C16H15ClN2O.C15H13ClN2O.C14H11ClN2O.C13H9ClN2O/c1-2-3-4-5-12-22-17-10-7-15(8-11-17)6-9-16-13-21-18(19)14-20-16;1-2-3-4-11-21-16-9-6-14(7-10-16)5-8-15-12-20-17(18)13-19-15;1-2-3-10-20-15-8-5-13(6-9-15)4-7-14-11-19-16(17)12-18-14;1-2-9-19-14-7-4-12(5-8-14)3-6-13-10-18-15(16)11-17-13;1-2-18-13-7-4-11(5-8-13)3-6-12-9-17-14(15)10-16-12;1-17-12-6-3-10(4-7-12)2-5-11-8-16-13(14)9-15-11/h7-8,10-11,13-14H,2-5,12H2,1H3;6-7,9-10,12-13H,2-4,11H2,1H3;5-6,8-9,11-12H,2-3,10H2,1H3;4-5,7-8,10-11H,2,9H2,1H3;4-5,7-10H,2H2,1H3;3-4,6-9H,1H3. The Morgan fingerprint density at radius 3 is 0.641 bits per heavy atom.